The maximum absolute atomic E-state index is 5.77. The summed E-state index contributed by atoms with van der Waals surface area (Å²) in [6.07, 6.45) is 0.297. The summed E-state index contributed by atoms with van der Waals surface area (Å²) in [4.78, 5) is 0. The Bertz CT molecular complexity index is 321. The molecule has 0 unspecified atom stereocenters. The molecule has 1 aromatic carbocycles. The zero-order valence-corrected chi connectivity index (χ0v) is 8.54. The first-order valence-corrected chi connectivity index (χ1v) is 4.81. The number of benzene rings is 1. The Morgan fingerprint density at radius 2 is 2.07 bits per heavy atom. The van der Waals surface area contributed by atoms with Gasteiger partial charge in [-0.3, -0.25) is 0 Å². The van der Waals surface area contributed by atoms with E-state index < -0.39 is 0 Å². The first-order valence-electron chi connectivity index (χ1n) is 4.81. The van der Waals surface area contributed by atoms with Gasteiger partial charge in [0.05, 0.1) is 7.11 Å². The molecule has 3 heteroatoms. The third-order valence-electron chi connectivity index (χ3n) is 2.36. The van der Waals surface area contributed by atoms with E-state index in [-0.39, 0.29) is 0 Å². The van der Waals surface area contributed by atoms with Crippen molar-refractivity contribution in [1.29, 1.82) is 0 Å². The van der Waals surface area contributed by atoms with Crippen LogP contribution in [0.2, 0.25) is 0 Å². The molecule has 1 heterocycles. The lowest BCUT2D eigenvalue weighted by molar-refractivity contribution is 0.137. The standard InChI is InChI=1S/C11H15NO2/c1-8-3-4-10(13-2)11(5-8)14-9-6-12-7-9/h3-5,9,12H,6-7H2,1-2H3. The number of hydrogen-bond acceptors (Lipinski definition) is 3. The van der Waals surface area contributed by atoms with E-state index in [9.17, 15) is 0 Å². The summed E-state index contributed by atoms with van der Waals surface area (Å²) in [6.45, 7) is 3.90. The zero-order valence-electron chi connectivity index (χ0n) is 8.54. The number of rotatable bonds is 3. The molecule has 1 N–H and O–H groups in total. The van der Waals surface area contributed by atoms with Crippen molar-refractivity contribution in [3.63, 3.8) is 0 Å². The highest BCUT2D eigenvalue weighted by atomic mass is 16.5. The Morgan fingerprint density at radius 3 is 2.64 bits per heavy atom. The van der Waals surface area contributed by atoms with Crippen molar-refractivity contribution in [2.45, 2.75) is 13.0 Å². The van der Waals surface area contributed by atoms with E-state index in [2.05, 4.69) is 5.32 Å². The Kier molecular flexibility index (Phi) is 2.59. The van der Waals surface area contributed by atoms with Crippen molar-refractivity contribution in [3.8, 4) is 11.5 Å². The van der Waals surface area contributed by atoms with Gasteiger partial charge in [0.1, 0.15) is 6.10 Å². The summed E-state index contributed by atoms with van der Waals surface area (Å²) >= 11 is 0. The quantitative estimate of drug-likeness (QED) is 0.786. The molecule has 14 heavy (non-hydrogen) atoms. The van der Waals surface area contributed by atoms with Crippen LogP contribution in [0.5, 0.6) is 11.5 Å². The van der Waals surface area contributed by atoms with Crippen molar-refractivity contribution >= 4 is 0 Å². The molecule has 2 rings (SSSR count). The average Bonchev–Trinajstić information content (AvgIpc) is 2.12. The van der Waals surface area contributed by atoms with Crippen molar-refractivity contribution in [2.75, 3.05) is 20.2 Å². The van der Waals surface area contributed by atoms with Gasteiger partial charge < -0.3 is 14.8 Å². The molecule has 0 bridgehead atoms. The van der Waals surface area contributed by atoms with Crippen LogP contribution in [0.15, 0.2) is 18.2 Å². The maximum atomic E-state index is 5.77. The Labute approximate surface area is 84.0 Å². The van der Waals surface area contributed by atoms with Crippen LogP contribution in [-0.2, 0) is 0 Å². The van der Waals surface area contributed by atoms with Crippen molar-refractivity contribution in [2.24, 2.45) is 0 Å². The molecule has 1 aliphatic rings. The van der Waals surface area contributed by atoms with E-state index in [1.807, 2.05) is 25.1 Å². The normalized spacial score (nSPS) is 16.1. The molecule has 0 saturated carbocycles. The molecule has 0 aliphatic carbocycles. The fourth-order valence-electron chi connectivity index (χ4n) is 1.40. The third-order valence-corrected chi connectivity index (χ3v) is 2.36. The number of nitrogens with one attached hydrogen (secondary N) is 1. The Morgan fingerprint density at radius 1 is 1.29 bits per heavy atom. The van der Waals surface area contributed by atoms with Crippen LogP contribution in [0.4, 0.5) is 0 Å². The van der Waals surface area contributed by atoms with Gasteiger partial charge in [0.2, 0.25) is 0 Å². The van der Waals surface area contributed by atoms with Crippen LogP contribution < -0.4 is 14.8 Å². The molecule has 0 radical (unpaired) electrons. The molecular formula is C11H15NO2. The molecule has 0 amide bonds. The highest BCUT2D eigenvalue weighted by molar-refractivity contribution is 5.42. The van der Waals surface area contributed by atoms with Crippen molar-refractivity contribution in [1.82, 2.24) is 5.32 Å². The van der Waals surface area contributed by atoms with Crippen LogP contribution in [0.25, 0.3) is 0 Å². The Balaban J connectivity index is 2.15. The molecule has 0 aromatic heterocycles. The summed E-state index contributed by atoms with van der Waals surface area (Å²) in [6, 6.07) is 5.97. The SMILES string of the molecule is COc1ccc(C)cc1OC1CNC1. The van der Waals surface area contributed by atoms with Gasteiger partial charge in [-0.15, -0.1) is 0 Å². The van der Waals surface area contributed by atoms with E-state index in [1.165, 1.54) is 5.56 Å². The van der Waals surface area contributed by atoms with Crippen LogP contribution in [-0.4, -0.2) is 26.3 Å². The molecule has 3 nitrogen and oxygen atoms in total. The molecular weight excluding hydrogens is 178 g/mol. The fourth-order valence-corrected chi connectivity index (χ4v) is 1.40. The monoisotopic (exact) mass is 193 g/mol. The minimum atomic E-state index is 0.297. The summed E-state index contributed by atoms with van der Waals surface area (Å²) in [5.41, 5.74) is 1.19. The predicted molar refractivity (Wildman–Crippen MR) is 55.0 cm³/mol. The van der Waals surface area contributed by atoms with Gasteiger partial charge in [-0.05, 0) is 24.6 Å². The molecule has 76 valence electrons. The number of hydrogen-bond donors (Lipinski definition) is 1. The minimum absolute atomic E-state index is 0.297. The largest absolute Gasteiger partial charge is 0.493 e. The highest BCUT2D eigenvalue weighted by Gasteiger charge is 2.19. The first kappa shape index (κ1) is 9.34. The third kappa shape index (κ3) is 1.82. The lowest BCUT2D eigenvalue weighted by Gasteiger charge is -2.28. The molecule has 1 saturated heterocycles. The second-order valence-corrected chi connectivity index (χ2v) is 3.55. The van der Waals surface area contributed by atoms with Crippen LogP contribution in [0, 0.1) is 6.92 Å². The van der Waals surface area contributed by atoms with E-state index in [0.29, 0.717) is 6.10 Å². The molecule has 0 spiro atoms. The number of ether oxygens (including phenoxy) is 2. The topological polar surface area (TPSA) is 30.5 Å². The minimum Gasteiger partial charge on any atom is -0.493 e. The fraction of sp³-hybridized carbons (Fsp3) is 0.455. The zero-order chi connectivity index (χ0) is 9.97. The average molecular weight is 193 g/mol. The van der Waals surface area contributed by atoms with Crippen molar-refractivity contribution in [3.05, 3.63) is 23.8 Å². The number of methoxy groups -OCH3 is 1. The van der Waals surface area contributed by atoms with Crippen LogP contribution in [0.1, 0.15) is 5.56 Å². The van der Waals surface area contributed by atoms with Gasteiger partial charge >= 0.3 is 0 Å². The van der Waals surface area contributed by atoms with Gasteiger partial charge in [-0.2, -0.15) is 0 Å². The Hall–Kier alpha value is -1.22. The summed E-state index contributed by atoms with van der Waals surface area (Å²) in [5, 5.41) is 3.17. The van der Waals surface area contributed by atoms with Gasteiger partial charge in [0, 0.05) is 13.1 Å². The second kappa shape index (κ2) is 3.88. The molecule has 1 aliphatic heterocycles. The number of aryl methyl sites for hydroxylation is 1. The van der Waals surface area contributed by atoms with Crippen LogP contribution >= 0.6 is 0 Å². The van der Waals surface area contributed by atoms with E-state index in [4.69, 9.17) is 9.47 Å². The second-order valence-electron chi connectivity index (χ2n) is 3.55. The summed E-state index contributed by atoms with van der Waals surface area (Å²) in [7, 11) is 1.66. The van der Waals surface area contributed by atoms with Gasteiger partial charge in [0.15, 0.2) is 11.5 Å². The van der Waals surface area contributed by atoms with Crippen molar-refractivity contribution < 1.29 is 9.47 Å². The lowest BCUT2D eigenvalue weighted by Crippen LogP contribution is -2.50. The summed E-state index contributed by atoms with van der Waals surface area (Å²) in [5.74, 6) is 1.65. The smallest absolute Gasteiger partial charge is 0.161 e. The van der Waals surface area contributed by atoms with Gasteiger partial charge in [-0.25, -0.2) is 0 Å². The van der Waals surface area contributed by atoms with E-state index in [1.54, 1.807) is 7.11 Å². The molecule has 1 fully saturated rings. The lowest BCUT2D eigenvalue weighted by atomic mass is 10.2. The predicted octanol–water partition coefficient (Wildman–Crippen LogP) is 1.35. The molecule has 0 atom stereocenters. The van der Waals surface area contributed by atoms with E-state index in [0.717, 1.165) is 24.6 Å². The highest BCUT2D eigenvalue weighted by Crippen LogP contribution is 2.29. The maximum Gasteiger partial charge on any atom is 0.161 e. The van der Waals surface area contributed by atoms with Gasteiger partial charge in [0.25, 0.3) is 0 Å². The first-order chi connectivity index (χ1) is 6.79. The van der Waals surface area contributed by atoms with Gasteiger partial charge in [-0.1, -0.05) is 6.07 Å². The van der Waals surface area contributed by atoms with Crippen LogP contribution in [0.3, 0.4) is 0 Å². The van der Waals surface area contributed by atoms with E-state index >= 15 is 0 Å². The summed E-state index contributed by atoms with van der Waals surface area (Å²) < 4.78 is 11.0. The molecule has 1 aromatic rings.